The van der Waals surface area contributed by atoms with Gasteiger partial charge in [-0.05, 0) is 75.4 Å². The summed E-state index contributed by atoms with van der Waals surface area (Å²) in [7, 11) is 3.17. The number of Topliss-reactive ketones (excluding diaryl/α,β-unsaturated/α-hetero) is 1. The predicted molar refractivity (Wildman–Crippen MR) is 143 cm³/mol. The monoisotopic (exact) mass is 521 g/mol. The number of dihydropyridines is 1. The van der Waals surface area contributed by atoms with E-state index in [-0.39, 0.29) is 30.0 Å². The molecule has 0 saturated heterocycles. The number of ketones is 1. The van der Waals surface area contributed by atoms with Crippen molar-refractivity contribution in [3.8, 4) is 23.0 Å². The molecular weight excluding hydrogens is 486 g/mol. The minimum Gasteiger partial charge on any atom is -0.504 e. The van der Waals surface area contributed by atoms with Crippen molar-refractivity contribution in [3.63, 3.8) is 0 Å². The van der Waals surface area contributed by atoms with Gasteiger partial charge in [-0.15, -0.1) is 0 Å². The molecule has 4 rings (SSSR count). The lowest BCUT2D eigenvalue weighted by Crippen LogP contribution is -2.36. The molecule has 0 spiro atoms. The molecule has 202 valence electrons. The number of hydrogen-bond donors (Lipinski definition) is 2. The molecule has 2 aliphatic rings. The Bertz CT molecular complexity index is 1310. The number of hydrogen-bond acceptors (Lipinski definition) is 8. The summed E-state index contributed by atoms with van der Waals surface area (Å²) < 4.78 is 22.0. The fraction of sp³-hybridized carbons (Fsp3) is 0.400. The zero-order chi connectivity index (χ0) is 27.6. The molecule has 1 aliphatic carbocycles. The molecule has 1 heterocycles. The molecule has 2 N–H and O–H groups in total. The van der Waals surface area contributed by atoms with Crippen molar-refractivity contribution in [1.82, 2.24) is 5.32 Å². The molecule has 0 amide bonds. The van der Waals surface area contributed by atoms with Crippen molar-refractivity contribution in [2.45, 2.75) is 58.5 Å². The van der Waals surface area contributed by atoms with Gasteiger partial charge in [0.15, 0.2) is 28.8 Å². The Morgan fingerprint density at radius 1 is 1.03 bits per heavy atom. The lowest BCUT2D eigenvalue weighted by molar-refractivity contribution is -0.143. The van der Waals surface area contributed by atoms with Crippen LogP contribution in [0.15, 0.2) is 58.9 Å². The highest BCUT2D eigenvalue weighted by Crippen LogP contribution is 2.47. The van der Waals surface area contributed by atoms with E-state index in [1.54, 1.807) is 40.2 Å². The van der Waals surface area contributed by atoms with E-state index in [9.17, 15) is 14.7 Å². The Morgan fingerprint density at radius 2 is 1.71 bits per heavy atom. The molecular formula is C30H35NO7. The maximum absolute atomic E-state index is 13.8. The number of benzene rings is 2. The number of methoxy groups -OCH3 is 2. The van der Waals surface area contributed by atoms with E-state index in [1.807, 2.05) is 32.0 Å². The number of phenolic OH excluding ortho intramolecular Hbond substituents is 1. The summed E-state index contributed by atoms with van der Waals surface area (Å²) in [5, 5.41) is 13.7. The Labute approximate surface area is 223 Å². The van der Waals surface area contributed by atoms with Crippen LogP contribution >= 0.6 is 0 Å². The minimum absolute atomic E-state index is 0.00534. The fourth-order valence-electron chi connectivity index (χ4n) is 5.24. The van der Waals surface area contributed by atoms with Gasteiger partial charge in [0.05, 0.1) is 32.5 Å². The maximum atomic E-state index is 13.8. The van der Waals surface area contributed by atoms with Gasteiger partial charge in [0.25, 0.3) is 0 Å². The van der Waals surface area contributed by atoms with Crippen molar-refractivity contribution in [3.05, 3.63) is 70.1 Å². The van der Waals surface area contributed by atoms with Gasteiger partial charge in [-0.1, -0.05) is 12.1 Å². The van der Waals surface area contributed by atoms with Gasteiger partial charge in [0.2, 0.25) is 0 Å². The van der Waals surface area contributed by atoms with Crippen LogP contribution in [0.4, 0.5) is 0 Å². The fourth-order valence-corrected chi connectivity index (χ4v) is 5.24. The second kappa shape index (κ2) is 11.2. The minimum atomic E-state index is -0.656. The topological polar surface area (TPSA) is 103 Å². The van der Waals surface area contributed by atoms with E-state index in [1.165, 1.54) is 6.07 Å². The third-order valence-electron chi connectivity index (χ3n) is 6.89. The van der Waals surface area contributed by atoms with E-state index in [0.717, 1.165) is 11.3 Å². The van der Waals surface area contributed by atoms with Crippen LogP contribution < -0.4 is 19.5 Å². The number of ether oxygens (including phenoxy) is 4. The van der Waals surface area contributed by atoms with E-state index in [2.05, 4.69) is 5.32 Å². The van der Waals surface area contributed by atoms with Gasteiger partial charge < -0.3 is 29.4 Å². The first kappa shape index (κ1) is 27.1. The first-order chi connectivity index (χ1) is 18.2. The molecule has 0 aromatic heterocycles. The van der Waals surface area contributed by atoms with Gasteiger partial charge >= 0.3 is 5.97 Å². The van der Waals surface area contributed by atoms with Crippen molar-refractivity contribution in [2.75, 3.05) is 20.8 Å². The Kier molecular flexibility index (Phi) is 7.99. The van der Waals surface area contributed by atoms with Crippen LogP contribution in [0.1, 0.15) is 63.5 Å². The van der Waals surface area contributed by atoms with Gasteiger partial charge in [-0.3, -0.25) is 4.79 Å². The summed E-state index contributed by atoms with van der Waals surface area (Å²) in [6, 6.07) is 10.7. The summed E-state index contributed by atoms with van der Waals surface area (Å²) >= 11 is 0. The number of phenols is 1. The summed E-state index contributed by atoms with van der Waals surface area (Å²) in [5.74, 6) is 0.244. The predicted octanol–water partition coefficient (Wildman–Crippen LogP) is 5.12. The molecule has 1 aliphatic heterocycles. The van der Waals surface area contributed by atoms with E-state index in [0.29, 0.717) is 52.7 Å². The molecule has 0 bridgehead atoms. The molecule has 0 fully saturated rings. The smallest absolute Gasteiger partial charge is 0.337 e. The molecule has 2 aromatic carbocycles. The molecule has 8 heteroatoms. The number of carbonyl (C=O) groups excluding carboxylic acids is 2. The van der Waals surface area contributed by atoms with Gasteiger partial charge in [0.1, 0.15) is 0 Å². The van der Waals surface area contributed by atoms with Crippen LogP contribution in [-0.2, 0) is 14.3 Å². The number of aromatic hydroxyl groups is 1. The molecule has 2 atom stereocenters. The summed E-state index contributed by atoms with van der Waals surface area (Å²) in [6.45, 7) is 7.59. The van der Waals surface area contributed by atoms with Crippen LogP contribution in [-0.4, -0.2) is 43.8 Å². The highest BCUT2D eigenvalue weighted by atomic mass is 16.5. The third kappa shape index (κ3) is 5.21. The van der Waals surface area contributed by atoms with Crippen LogP contribution in [0.25, 0.3) is 0 Å². The zero-order valence-corrected chi connectivity index (χ0v) is 22.7. The second-order valence-corrected chi connectivity index (χ2v) is 9.75. The van der Waals surface area contributed by atoms with Gasteiger partial charge in [0, 0.05) is 29.3 Å². The van der Waals surface area contributed by atoms with E-state index >= 15 is 0 Å². The lowest BCUT2D eigenvalue weighted by atomic mass is 9.71. The van der Waals surface area contributed by atoms with Gasteiger partial charge in [-0.2, -0.15) is 0 Å². The number of esters is 1. The Balaban J connectivity index is 1.80. The molecule has 2 aromatic rings. The standard InChI is InChI=1S/C30H35NO7/c1-7-37-25-15-19(8-10-22(25)32)28-27(30(34)38-16(2)3)17(4)31-21-12-20(13-23(33)29(21)28)18-9-11-24(35-5)26(14-18)36-6/h8-11,14-16,20,28,31-32H,7,12-13H2,1-6H3/t20-,28+/m0/s1. The molecule has 0 unspecified atom stereocenters. The average molecular weight is 522 g/mol. The number of nitrogens with one attached hydrogen (secondary N) is 1. The normalized spacial score (nSPS) is 19.2. The molecule has 0 saturated carbocycles. The number of rotatable bonds is 8. The van der Waals surface area contributed by atoms with Crippen molar-refractivity contribution in [1.29, 1.82) is 0 Å². The summed E-state index contributed by atoms with van der Waals surface area (Å²) in [5.41, 5.74) is 3.96. The van der Waals surface area contributed by atoms with Crippen molar-refractivity contribution >= 4 is 11.8 Å². The SMILES string of the molecule is CCOc1cc([C@@H]2C(C(=O)OC(C)C)=C(C)NC3=C2C(=O)C[C@@H](c2ccc(OC)c(OC)c2)C3)ccc1O. The highest BCUT2D eigenvalue weighted by Gasteiger charge is 2.42. The Hall–Kier alpha value is -3.94. The molecule has 38 heavy (non-hydrogen) atoms. The second-order valence-electron chi connectivity index (χ2n) is 9.75. The van der Waals surface area contributed by atoms with Crippen molar-refractivity contribution < 1.29 is 33.6 Å². The molecule has 8 nitrogen and oxygen atoms in total. The maximum Gasteiger partial charge on any atom is 0.337 e. The third-order valence-corrected chi connectivity index (χ3v) is 6.89. The largest absolute Gasteiger partial charge is 0.504 e. The van der Waals surface area contributed by atoms with Crippen LogP contribution in [0, 0.1) is 0 Å². The first-order valence-electron chi connectivity index (χ1n) is 12.8. The Morgan fingerprint density at radius 3 is 2.37 bits per heavy atom. The van der Waals surface area contributed by atoms with Crippen LogP contribution in [0.2, 0.25) is 0 Å². The number of carbonyl (C=O) groups is 2. The van der Waals surface area contributed by atoms with Crippen LogP contribution in [0.3, 0.4) is 0 Å². The summed E-state index contributed by atoms with van der Waals surface area (Å²) in [6.07, 6.45) is 0.524. The first-order valence-corrected chi connectivity index (χ1v) is 12.8. The van der Waals surface area contributed by atoms with E-state index < -0.39 is 11.9 Å². The zero-order valence-electron chi connectivity index (χ0n) is 22.7. The summed E-state index contributed by atoms with van der Waals surface area (Å²) in [4.78, 5) is 27.2. The highest BCUT2D eigenvalue weighted by molar-refractivity contribution is 6.04. The average Bonchev–Trinajstić information content (AvgIpc) is 2.88. The quantitative estimate of drug-likeness (QED) is 0.462. The van der Waals surface area contributed by atoms with Gasteiger partial charge in [-0.25, -0.2) is 4.79 Å². The van der Waals surface area contributed by atoms with Crippen molar-refractivity contribution in [2.24, 2.45) is 0 Å². The van der Waals surface area contributed by atoms with E-state index in [4.69, 9.17) is 18.9 Å². The van der Waals surface area contributed by atoms with Crippen LogP contribution in [0.5, 0.6) is 23.0 Å². The lowest BCUT2D eigenvalue weighted by Gasteiger charge is -2.37. The number of allylic oxidation sites excluding steroid dienone is 3. The molecule has 0 radical (unpaired) electrons.